The van der Waals surface area contributed by atoms with Crippen molar-refractivity contribution in [2.45, 2.75) is 31.6 Å². The molecule has 0 fully saturated rings. The Hall–Kier alpha value is -2.41. The Bertz CT molecular complexity index is 826. The summed E-state index contributed by atoms with van der Waals surface area (Å²) in [5.41, 5.74) is 1.18. The lowest BCUT2D eigenvalue weighted by molar-refractivity contribution is -0.385. The molecule has 0 bridgehead atoms. The summed E-state index contributed by atoms with van der Waals surface area (Å²) in [5, 5.41) is 10.9. The second-order valence-corrected chi connectivity index (χ2v) is 7.01. The highest BCUT2D eigenvalue weighted by Crippen LogP contribution is 2.26. The molecule has 0 radical (unpaired) electrons. The molecule has 0 atom stereocenters. The average Bonchev–Trinajstić information content (AvgIpc) is 2.47. The van der Waals surface area contributed by atoms with Crippen molar-refractivity contribution in [1.82, 2.24) is 0 Å². The van der Waals surface area contributed by atoms with Gasteiger partial charge < -0.3 is 4.18 Å². The van der Waals surface area contributed by atoms with Crippen LogP contribution in [-0.4, -0.2) is 13.3 Å². The summed E-state index contributed by atoms with van der Waals surface area (Å²) >= 11 is 0. The van der Waals surface area contributed by atoms with E-state index in [1.807, 2.05) is 13.8 Å². The van der Waals surface area contributed by atoms with Gasteiger partial charge in [0.05, 0.1) is 4.92 Å². The van der Waals surface area contributed by atoms with E-state index in [4.69, 9.17) is 4.18 Å². The van der Waals surface area contributed by atoms with Crippen LogP contribution in [-0.2, 0) is 10.1 Å². The van der Waals surface area contributed by atoms with E-state index in [1.165, 1.54) is 12.1 Å². The summed E-state index contributed by atoms with van der Waals surface area (Å²) in [6.07, 6.45) is 0. The van der Waals surface area contributed by atoms with E-state index in [0.717, 1.165) is 11.6 Å². The smallest absolute Gasteiger partial charge is 0.339 e. The van der Waals surface area contributed by atoms with Crippen molar-refractivity contribution >= 4 is 15.8 Å². The minimum absolute atomic E-state index is 0.164. The SMILES string of the molecule is Cc1ccc(S(=O)(=O)Oc2ccc(C(C)C)cc2)cc1[N+](=O)[O-]. The lowest BCUT2D eigenvalue weighted by Gasteiger charge is -2.09. The Kier molecular flexibility index (Phi) is 4.70. The third-order valence-electron chi connectivity index (χ3n) is 3.42. The molecule has 0 aliphatic carbocycles. The number of benzene rings is 2. The Morgan fingerprint density at radius 3 is 2.22 bits per heavy atom. The fourth-order valence-electron chi connectivity index (χ4n) is 2.02. The first kappa shape index (κ1) is 17.0. The molecule has 2 aromatic rings. The molecule has 0 aromatic heterocycles. The summed E-state index contributed by atoms with van der Waals surface area (Å²) in [6.45, 7) is 5.59. The Labute approximate surface area is 135 Å². The third-order valence-corrected chi connectivity index (χ3v) is 4.66. The summed E-state index contributed by atoms with van der Waals surface area (Å²) in [6, 6.07) is 10.4. The van der Waals surface area contributed by atoms with Gasteiger partial charge in [-0.15, -0.1) is 0 Å². The number of nitrogens with zero attached hydrogens (tertiary/aromatic N) is 1. The molecule has 0 heterocycles. The maximum absolute atomic E-state index is 12.3. The largest absolute Gasteiger partial charge is 0.379 e. The summed E-state index contributed by atoms with van der Waals surface area (Å²) in [4.78, 5) is 10.1. The number of hydrogen-bond donors (Lipinski definition) is 0. The zero-order chi connectivity index (χ0) is 17.2. The fourth-order valence-corrected chi connectivity index (χ4v) is 2.98. The van der Waals surface area contributed by atoms with Gasteiger partial charge in [0.2, 0.25) is 0 Å². The van der Waals surface area contributed by atoms with Crippen LogP contribution in [0, 0.1) is 17.0 Å². The lowest BCUT2D eigenvalue weighted by Crippen LogP contribution is -2.10. The van der Waals surface area contributed by atoms with Crippen molar-refractivity contribution < 1.29 is 17.5 Å². The van der Waals surface area contributed by atoms with Crippen LogP contribution in [0.4, 0.5) is 5.69 Å². The highest BCUT2D eigenvalue weighted by atomic mass is 32.2. The quantitative estimate of drug-likeness (QED) is 0.471. The Balaban J connectivity index is 2.32. The first-order valence-corrected chi connectivity index (χ1v) is 8.41. The monoisotopic (exact) mass is 335 g/mol. The second-order valence-electron chi connectivity index (χ2n) is 5.47. The molecular formula is C16H17NO5S. The average molecular weight is 335 g/mol. The second kappa shape index (κ2) is 6.37. The molecular weight excluding hydrogens is 318 g/mol. The third kappa shape index (κ3) is 3.87. The lowest BCUT2D eigenvalue weighted by atomic mass is 10.0. The topological polar surface area (TPSA) is 86.5 Å². The van der Waals surface area contributed by atoms with Gasteiger partial charge in [-0.1, -0.05) is 32.0 Å². The minimum atomic E-state index is -4.12. The van der Waals surface area contributed by atoms with Crippen molar-refractivity contribution in [2.24, 2.45) is 0 Å². The fraction of sp³-hybridized carbons (Fsp3) is 0.250. The first-order valence-electron chi connectivity index (χ1n) is 7.00. The molecule has 2 aromatic carbocycles. The predicted octanol–water partition coefficient (Wildman–Crippen LogP) is 3.79. The molecule has 0 saturated carbocycles. The summed E-state index contributed by atoms with van der Waals surface area (Å²) in [5.74, 6) is 0.484. The van der Waals surface area contributed by atoms with Gasteiger partial charge in [-0.2, -0.15) is 8.42 Å². The molecule has 0 unspecified atom stereocenters. The van der Waals surface area contributed by atoms with Crippen LogP contribution in [0.25, 0.3) is 0 Å². The standard InChI is InChI=1S/C16H17NO5S/c1-11(2)13-5-7-14(8-6-13)22-23(20,21)15-9-4-12(3)16(10-15)17(18)19/h4-11H,1-3H3. The van der Waals surface area contributed by atoms with E-state index in [1.54, 1.807) is 31.2 Å². The zero-order valence-electron chi connectivity index (χ0n) is 13.0. The zero-order valence-corrected chi connectivity index (χ0v) is 13.8. The number of aryl methyl sites for hydroxylation is 1. The van der Waals surface area contributed by atoms with Crippen molar-refractivity contribution in [1.29, 1.82) is 0 Å². The van der Waals surface area contributed by atoms with Crippen molar-refractivity contribution in [2.75, 3.05) is 0 Å². The van der Waals surface area contributed by atoms with Crippen molar-refractivity contribution in [3.63, 3.8) is 0 Å². The number of hydrogen-bond acceptors (Lipinski definition) is 5. The summed E-state index contributed by atoms with van der Waals surface area (Å²) < 4.78 is 29.6. The maximum atomic E-state index is 12.3. The molecule has 7 heteroatoms. The van der Waals surface area contributed by atoms with Crippen LogP contribution in [0.5, 0.6) is 5.75 Å². The van der Waals surface area contributed by atoms with Gasteiger partial charge in [-0.25, -0.2) is 0 Å². The molecule has 0 aliphatic rings. The highest BCUT2D eigenvalue weighted by Gasteiger charge is 2.21. The van der Waals surface area contributed by atoms with E-state index in [9.17, 15) is 18.5 Å². The van der Waals surface area contributed by atoms with Crippen LogP contribution in [0.3, 0.4) is 0 Å². The van der Waals surface area contributed by atoms with Crippen LogP contribution >= 0.6 is 0 Å². The number of nitro groups is 1. The van der Waals surface area contributed by atoms with Gasteiger partial charge in [-0.3, -0.25) is 10.1 Å². The van der Waals surface area contributed by atoms with Gasteiger partial charge in [0.15, 0.2) is 0 Å². The first-order chi connectivity index (χ1) is 10.7. The maximum Gasteiger partial charge on any atom is 0.339 e. The predicted molar refractivity (Wildman–Crippen MR) is 86.2 cm³/mol. The molecule has 122 valence electrons. The summed E-state index contributed by atoms with van der Waals surface area (Å²) in [7, 11) is -4.12. The van der Waals surface area contributed by atoms with Crippen LogP contribution in [0.15, 0.2) is 47.4 Å². The van der Waals surface area contributed by atoms with E-state index in [0.29, 0.717) is 11.5 Å². The van der Waals surface area contributed by atoms with Crippen LogP contribution in [0.1, 0.15) is 30.9 Å². The molecule has 2 rings (SSSR count). The minimum Gasteiger partial charge on any atom is -0.379 e. The molecule has 0 amide bonds. The molecule has 23 heavy (non-hydrogen) atoms. The van der Waals surface area contributed by atoms with Crippen molar-refractivity contribution in [3.8, 4) is 5.75 Å². The van der Waals surface area contributed by atoms with Gasteiger partial charge in [0.25, 0.3) is 5.69 Å². The molecule has 0 saturated heterocycles. The van der Waals surface area contributed by atoms with E-state index < -0.39 is 15.0 Å². The van der Waals surface area contributed by atoms with Crippen molar-refractivity contribution in [3.05, 3.63) is 63.7 Å². The van der Waals surface area contributed by atoms with Gasteiger partial charge in [-0.05, 0) is 36.6 Å². The van der Waals surface area contributed by atoms with E-state index in [2.05, 4.69) is 0 Å². The van der Waals surface area contributed by atoms with E-state index >= 15 is 0 Å². The Morgan fingerprint density at radius 2 is 1.70 bits per heavy atom. The molecule has 0 N–H and O–H groups in total. The number of rotatable bonds is 5. The molecule has 6 nitrogen and oxygen atoms in total. The Morgan fingerprint density at radius 1 is 1.09 bits per heavy atom. The van der Waals surface area contributed by atoms with Gasteiger partial charge in [0.1, 0.15) is 10.6 Å². The molecule has 0 aliphatic heterocycles. The normalized spacial score (nSPS) is 11.5. The highest BCUT2D eigenvalue weighted by molar-refractivity contribution is 7.87. The number of nitro benzene ring substituents is 1. The van der Waals surface area contributed by atoms with Crippen LogP contribution < -0.4 is 4.18 Å². The van der Waals surface area contributed by atoms with Gasteiger partial charge in [0, 0.05) is 11.6 Å². The van der Waals surface area contributed by atoms with Crippen LogP contribution in [0.2, 0.25) is 0 Å². The van der Waals surface area contributed by atoms with E-state index in [-0.39, 0.29) is 16.3 Å². The molecule has 0 spiro atoms. The van der Waals surface area contributed by atoms with Gasteiger partial charge >= 0.3 is 10.1 Å².